The van der Waals surface area contributed by atoms with Crippen LogP contribution < -0.4 is 15.0 Å². The molecule has 1 saturated heterocycles. The number of rotatable bonds is 4. The average molecular weight is 408 g/mol. The van der Waals surface area contributed by atoms with Gasteiger partial charge in [-0.3, -0.25) is 4.79 Å². The van der Waals surface area contributed by atoms with Crippen LogP contribution in [0.25, 0.3) is 5.52 Å². The summed E-state index contributed by atoms with van der Waals surface area (Å²) in [4.78, 5) is 15.3. The van der Waals surface area contributed by atoms with Crippen molar-refractivity contribution in [1.82, 2.24) is 9.61 Å². The lowest BCUT2D eigenvalue weighted by Gasteiger charge is -2.31. The zero-order valence-corrected chi connectivity index (χ0v) is 16.8. The second-order valence-corrected chi connectivity index (χ2v) is 8.00. The maximum atomic E-state index is 13.1. The highest BCUT2D eigenvalue weighted by Crippen LogP contribution is 2.42. The van der Waals surface area contributed by atoms with Crippen molar-refractivity contribution in [2.75, 3.05) is 43.1 Å². The SMILES string of the molecule is CC1(CO)Cc2cc(NC(=O)c3ccc4cccnn34)c(N3CCOCC3)cc2O1. The van der Waals surface area contributed by atoms with Crippen LogP contribution in [-0.4, -0.2) is 59.1 Å². The Morgan fingerprint density at radius 1 is 1.27 bits per heavy atom. The van der Waals surface area contributed by atoms with Gasteiger partial charge < -0.3 is 24.8 Å². The molecule has 2 aromatic heterocycles. The fraction of sp³-hybridized carbons (Fsp3) is 0.364. The van der Waals surface area contributed by atoms with E-state index in [0.29, 0.717) is 25.3 Å². The Morgan fingerprint density at radius 3 is 2.90 bits per heavy atom. The van der Waals surface area contributed by atoms with E-state index in [1.165, 1.54) is 0 Å². The Labute approximate surface area is 174 Å². The monoisotopic (exact) mass is 408 g/mol. The highest BCUT2D eigenvalue weighted by Gasteiger charge is 2.35. The Hall–Kier alpha value is -3.10. The lowest BCUT2D eigenvalue weighted by atomic mass is 9.99. The fourth-order valence-corrected chi connectivity index (χ4v) is 4.11. The summed E-state index contributed by atoms with van der Waals surface area (Å²) in [6, 6.07) is 11.3. The normalized spacial score (nSPS) is 20.8. The molecule has 1 atom stereocenters. The van der Waals surface area contributed by atoms with Crippen LogP contribution in [0, 0.1) is 0 Å². The third-order valence-electron chi connectivity index (χ3n) is 5.69. The summed E-state index contributed by atoms with van der Waals surface area (Å²) in [5, 5.41) is 17.1. The molecule has 8 nitrogen and oxygen atoms in total. The number of nitrogens with one attached hydrogen (secondary N) is 1. The van der Waals surface area contributed by atoms with Crippen LogP contribution in [0.2, 0.25) is 0 Å². The van der Waals surface area contributed by atoms with E-state index in [9.17, 15) is 9.90 Å². The second-order valence-electron chi connectivity index (χ2n) is 8.00. The first-order valence-corrected chi connectivity index (χ1v) is 10.1. The van der Waals surface area contributed by atoms with Gasteiger partial charge in [0.05, 0.1) is 36.7 Å². The number of aromatic nitrogens is 2. The Morgan fingerprint density at radius 2 is 2.10 bits per heavy atom. The summed E-state index contributed by atoms with van der Waals surface area (Å²) < 4.78 is 13.1. The first-order valence-electron chi connectivity index (χ1n) is 10.1. The van der Waals surface area contributed by atoms with Gasteiger partial charge in [-0.1, -0.05) is 0 Å². The van der Waals surface area contributed by atoms with Crippen LogP contribution in [0.4, 0.5) is 11.4 Å². The van der Waals surface area contributed by atoms with Crippen molar-refractivity contribution in [3.05, 3.63) is 53.9 Å². The molecule has 2 aliphatic heterocycles. The Bertz CT molecular complexity index is 1110. The predicted octanol–water partition coefficient (Wildman–Crippen LogP) is 2.11. The number of amides is 1. The van der Waals surface area contributed by atoms with Gasteiger partial charge in [0.15, 0.2) is 0 Å². The molecule has 1 fully saturated rings. The van der Waals surface area contributed by atoms with Crippen LogP contribution in [0.15, 0.2) is 42.6 Å². The molecule has 156 valence electrons. The smallest absolute Gasteiger partial charge is 0.274 e. The highest BCUT2D eigenvalue weighted by molar-refractivity contribution is 6.05. The van der Waals surface area contributed by atoms with E-state index >= 15 is 0 Å². The van der Waals surface area contributed by atoms with Gasteiger partial charge in [-0.05, 0) is 37.3 Å². The molecule has 4 heterocycles. The van der Waals surface area contributed by atoms with E-state index in [4.69, 9.17) is 9.47 Å². The molecule has 1 amide bonds. The summed E-state index contributed by atoms with van der Waals surface area (Å²) in [6.07, 6.45) is 2.24. The van der Waals surface area contributed by atoms with Gasteiger partial charge in [0.25, 0.3) is 5.91 Å². The minimum atomic E-state index is -0.644. The van der Waals surface area contributed by atoms with E-state index in [1.807, 2.05) is 37.3 Å². The number of nitrogens with zero attached hydrogens (tertiary/aromatic N) is 3. The molecular formula is C22H24N4O4. The average Bonchev–Trinajstić information content (AvgIpc) is 3.34. The van der Waals surface area contributed by atoms with E-state index in [1.54, 1.807) is 16.8 Å². The molecule has 1 unspecified atom stereocenters. The molecule has 0 bridgehead atoms. The van der Waals surface area contributed by atoms with Gasteiger partial charge in [-0.2, -0.15) is 5.10 Å². The summed E-state index contributed by atoms with van der Waals surface area (Å²) in [6.45, 7) is 4.54. The zero-order valence-electron chi connectivity index (χ0n) is 16.8. The Kier molecular flexibility index (Phi) is 4.60. The third-order valence-corrected chi connectivity index (χ3v) is 5.69. The largest absolute Gasteiger partial charge is 0.484 e. The van der Waals surface area contributed by atoms with Crippen molar-refractivity contribution in [1.29, 1.82) is 0 Å². The summed E-state index contributed by atoms with van der Waals surface area (Å²) in [5.74, 6) is 0.521. The molecular weight excluding hydrogens is 384 g/mol. The van der Waals surface area contributed by atoms with E-state index < -0.39 is 5.60 Å². The number of fused-ring (bicyclic) bond motifs is 2. The molecule has 30 heavy (non-hydrogen) atoms. The number of benzene rings is 1. The van der Waals surface area contributed by atoms with Crippen LogP contribution in [0.3, 0.4) is 0 Å². The number of carbonyl (C=O) groups is 1. The second kappa shape index (κ2) is 7.30. The van der Waals surface area contributed by atoms with E-state index in [2.05, 4.69) is 15.3 Å². The first kappa shape index (κ1) is 18.9. The molecule has 0 radical (unpaired) electrons. The van der Waals surface area contributed by atoms with Crippen LogP contribution in [0.5, 0.6) is 5.75 Å². The van der Waals surface area contributed by atoms with Gasteiger partial charge in [0.1, 0.15) is 17.0 Å². The molecule has 0 aliphatic carbocycles. The minimum absolute atomic E-state index is 0.0714. The summed E-state index contributed by atoms with van der Waals surface area (Å²) >= 11 is 0. The van der Waals surface area contributed by atoms with Crippen LogP contribution in [0.1, 0.15) is 23.0 Å². The predicted molar refractivity (Wildman–Crippen MR) is 112 cm³/mol. The number of aliphatic hydroxyl groups is 1. The highest BCUT2D eigenvalue weighted by atomic mass is 16.5. The molecule has 0 saturated carbocycles. The zero-order chi connectivity index (χ0) is 20.7. The third kappa shape index (κ3) is 3.28. The van der Waals surface area contributed by atoms with Crippen LogP contribution >= 0.6 is 0 Å². The molecule has 8 heteroatoms. The molecule has 2 aliphatic rings. The topological polar surface area (TPSA) is 88.3 Å². The van der Waals surface area contributed by atoms with Crippen molar-refractivity contribution in [3.8, 4) is 5.75 Å². The number of hydrogen-bond donors (Lipinski definition) is 2. The number of carbonyl (C=O) groups excluding carboxylic acids is 1. The lowest BCUT2D eigenvalue weighted by molar-refractivity contribution is 0.0446. The number of anilines is 2. The number of aliphatic hydroxyl groups excluding tert-OH is 1. The number of morpholine rings is 1. The fourth-order valence-electron chi connectivity index (χ4n) is 4.11. The first-order chi connectivity index (χ1) is 14.6. The number of ether oxygens (including phenoxy) is 2. The lowest BCUT2D eigenvalue weighted by Crippen LogP contribution is -2.37. The summed E-state index contributed by atoms with van der Waals surface area (Å²) in [5.41, 5.74) is 3.26. The molecule has 0 spiro atoms. The van der Waals surface area contributed by atoms with Crippen molar-refractivity contribution in [3.63, 3.8) is 0 Å². The minimum Gasteiger partial charge on any atom is -0.484 e. The standard InChI is InChI=1S/C22H24N4O4/c1-22(14-27)13-15-11-17(19(12-20(15)30-22)25-7-9-29-10-8-25)24-21(28)18-5-4-16-3-2-6-23-26(16)18/h2-6,11-12,27H,7-10,13-14H2,1H3,(H,24,28). The van der Waals surface area contributed by atoms with Gasteiger partial charge in [0, 0.05) is 37.3 Å². The van der Waals surface area contributed by atoms with E-state index in [0.717, 1.165) is 41.3 Å². The maximum absolute atomic E-state index is 13.1. The Balaban J connectivity index is 1.51. The molecule has 3 aromatic rings. The van der Waals surface area contributed by atoms with Crippen molar-refractivity contribution in [2.24, 2.45) is 0 Å². The molecule has 2 N–H and O–H groups in total. The van der Waals surface area contributed by atoms with Crippen molar-refractivity contribution >= 4 is 22.8 Å². The van der Waals surface area contributed by atoms with Crippen LogP contribution in [-0.2, 0) is 11.2 Å². The molecule has 5 rings (SSSR count). The quantitative estimate of drug-likeness (QED) is 0.688. The number of hydrogen-bond acceptors (Lipinski definition) is 6. The molecule has 1 aromatic carbocycles. The van der Waals surface area contributed by atoms with Crippen molar-refractivity contribution < 1.29 is 19.4 Å². The van der Waals surface area contributed by atoms with E-state index in [-0.39, 0.29) is 12.5 Å². The summed E-state index contributed by atoms with van der Waals surface area (Å²) in [7, 11) is 0. The van der Waals surface area contributed by atoms with Gasteiger partial charge in [0.2, 0.25) is 0 Å². The van der Waals surface area contributed by atoms with Gasteiger partial charge >= 0.3 is 0 Å². The van der Waals surface area contributed by atoms with Gasteiger partial charge in [-0.15, -0.1) is 0 Å². The maximum Gasteiger partial charge on any atom is 0.274 e. The van der Waals surface area contributed by atoms with Gasteiger partial charge in [-0.25, -0.2) is 4.52 Å². The van der Waals surface area contributed by atoms with Crippen molar-refractivity contribution in [2.45, 2.75) is 18.9 Å².